The zero-order valence-corrected chi connectivity index (χ0v) is 51.1. The summed E-state index contributed by atoms with van der Waals surface area (Å²) in [5.41, 5.74) is 28.8. The highest BCUT2D eigenvalue weighted by Crippen LogP contribution is 2.26. The zero-order valence-electron chi connectivity index (χ0n) is 57.1. The van der Waals surface area contributed by atoms with Gasteiger partial charge in [-0.05, 0) is 177 Å². The lowest BCUT2D eigenvalue weighted by Gasteiger charge is -2.07. The maximum Gasteiger partial charge on any atom is 0.215 e. The van der Waals surface area contributed by atoms with Crippen LogP contribution in [0.5, 0.6) is 0 Å². The smallest absolute Gasteiger partial charge is 0.201 e. The molecule has 0 saturated heterocycles. The summed E-state index contributed by atoms with van der Waals surface area (Å²) >= 11 is 0. The molecule has 0 aliphatic carbocycles. The maximum atomic E-state index is 7.55. The van der Waals surface area contributed by atoms with Crippen LogP contribution >= 0.6 is 0 Å². The first kappa shape index (κ1) is 52.5. The molecule has 0 amide bonds. The first-order valence-corrected chi connectivity index (χ1v) is 27.6. The van der Waals surface area contributed by atoms with E-state index in [2.05, 4.69) is 245 Å². The maximum absolute atomic E-state index is 7.55. The van der Waals surface area contributed by atoms with Crippen LogP contribution < -0.4 is 22.8 Å². The number of aryl methyl sites for hydroxylation is 16. The van der Waals surface area contributed by atoms with Crippen LogP contribution in [0.2, 0.25) is 0 Å². The standard InChI is InChI=1S/5C15H18N/c1-11-9-13(3)15(16(4)10-11)14-8-6-5-7-12(14)2;2*1-11-7-5-6-8-14(11)15-9-12(2)13(3)10-16(15)4;2*1-11-9-10-15(16(4)13(11)3)14-8-6-5-7-12(14)2/h5*5-10H,1-4H3/q5*+1/i;3D3;;1D3;. The minimum atomic E-state index is -2.06. The Hall–Kier alpha value is -8.15. The van der Waals surface area contributed by atoms with Crippen molar-refractivity contribution in [3.05, 3.63) is 266 Å². The van der Waals surface area contributed by atoms with Crippen molar-refractivity contribution < 1.29 is 31.1 Å². The molecule has 5 nitrogen and oxygen atoms in total. The van der Waals surface area contributed by atoms with Gasteiger partial charge in [-0.2, -0.15) is 9.13 Å². The third-order valence-corrected chi connectivity index (χ3v) is 15.5. The molecule has 410 valence electrons. The molecule has 10 aromatic rings. The quantitative estimate of drug-likeness (QED) is 0.153. The number of pyridine rings is 5. The summed E-state index contributed by atoms with van der Waals surface area (Å²) in [6.45, 7) is 23.1. The summed E-state index contributed by atoms with van der Waals surface area (Å²) in [7, 11) is 10.1. The van der Waals surface area contributed by atoms with Crippen molar-refractivity contribution in [2.75, 3.05) is 0 Å². The van der Waals surface area contributed by atoms with Crippen LogP contribution in [-0.2, 0) is 35.2 Å². The number of hydrogen-bond donors (Lipinski definition) is 0. The molecule has 0 aliphatic heterocycles. The monoisotopic (exact) mass is 1070 g/mol. The van der Waals surface area contributed by atoms with Crippen molar-refractivity contribution in [2.45, 2.75) is 104 Å². The molecular formula is C75H90N5+5. The van der Waals surface area contributed by atoms with Gasteiger partial charge in [-0.15, -0.1) is 0 Å². The zero-order chi connectivity index (χ0) is 63.5. The van der Waals surface area contributed by atoms with Gasteiger partial charge in [0.1, 0.15) is 35.2 Å². The second-order valence-corrected chi connectivity index (χ2v) is 21.6. The molecular weight excluding hydrogens is 971 g/mol. The SMILES string of the molecule is Cc1cc(-c2ccccc2C)[n+](C)cc1C.Cc1cc(C)c(-c2ccccc2C)[n+](C)c1.Cc1ccccc1-c1ccc(C)c(C)[n+]1C.[2H]C([2H])([2H])c1c[n+](C)c(-c2ccccc2C)cc1C.[2H]C([2H])([2H])c1ccc(-c2ccccc2C)[n+](C)c1C. The predicted octanol–water partition coefficient (Wildman–Crippen LogP) is 15.5. The van der Waals surface area contributed by atoms with E-state index in [1.54, 1.807) is 12.3 Å². The van der Waals surface area contributed by atoms with Crippen molar-refractivity contribution >= 4 is 0 Å². The van der Waals surface area contributed by atoms with Gasteiger partial charge in [0.05, 0.1) is 0 Å². The number of benzene rings is 5. The average Bonchev–Trinajstić information content (AvgIpc) is 1.53. The number of nitrogens with zero attached hydrogens (tertiary/aromatic N) is 5. The molecule has 0 spiro atoms. The number of hydrogen-bond acceptors (Lipinski definition) is 0. The summed E-state index contributed by atoms with van der Waals surface area (Å²) < 4.78 is 55.8. The Labute approximate surface area is 490 Å². The van der Waals surface area contributed by atoms with E-state index >= 15 is 0 Å². The van der Waals surface area contributed by atoms with Crippen molar-refractivity contribution in [1.82, 2.24) is 0 Å². The molecule has 5 heteroatoms. The van der Waals surface area contributed by atoms with Crippen LogP contribution in [0.25, 0.3) is 56.3 Å². The fraction of sp³-hybridized carbons (Fsp3) is 0.267. The summed E-state index contributed by atoms with van der Waals surface area (Å²) in [6, 6.07) is 56.2. The van der Waals surface area contributed by atoms with E-state index in [9.17, 15) is 0 Å². The van der Waals surface area contributed by atoms with E-state index in [-0.39, 0.29) is 0 Å². The predicted molar refractivity (Wildman–Crippen MR) is 336 cm³/mol. The molecule has 0 fully saturated rings. The Balaban J connectivity index is 0.000000172. The molecule has 0 saturated carbocycles. The summed E-state index contributed by atoms with van der Waals surface area (Å²) in [5.74, 6) is 0. The van der Waals surface area contributed by atoms with E-state index in [0.29, 0.717) is 11.1 Å². The molecule has 0 atom stereocenters. The Bertz CT molecular complexity index is 3900. The van der Waals surface area contributed by atoms with Crippen LogP contribution in [-0.4, -0.2) is 0 Å². The molecule has 80 heavy (non-hydrogen) atoms. The highest BCUT2D eigenvalue weighted by atomic mass is 15.0. The van der Waals surface area contributed by atoms with E-state index in [1.807, 2.05) is 73.5 Å². The Morgan fingerprint density at radius 1 is 0.263 bits per heavy atom. The molecule has 10 rings (SSSR count). The van der Waals surface area contributed by atoms with Gasteiger partial charge in [-0.3, -0.25) is 0 Å². The van der Waals surface area contributed by atoms with E-state index in [0.717, 1.165) is 33.8 Å². The Morgan fingerprint density at radius 2 is 0.600 bits per heavy atom. The van der Waals surface area contributed by atoms with Gasteiger partial charge in [0.25, 0.3) is 0 Å². The van der Waals surface area contributed by atoms with E-state index in [1.165, 1.54) is 95.1 Å². The van der Waals surface area contributed by atoms with Crippen LogP contribution in [0.4, 0.5) is 0 Å². The van der Waals surface area contributed by atoms with Gasteiger partial charge in [0.2, 0.25) is 28.5 Å². The number of aromatic nitrogens is 5. The Morgan fingerprint density at radius 3 is 0.988 bits per heavy atom. The summed E-state index contributed by atoms with van der Waals surface area (Å²) in [5, 5.41) is 0. The van der Waals surface area contributed by atoms with Gasteiger partial charge in [0, 0.05) is 108 Å². The molecule has 0 aliphatic rings. The topological polar surface area (TPSA) is 19.4 Å². The van der Waals surface area contributed by atoms with Gasteiger partial charge in [-0.1, -0.05) is 91.0 Å². The van der Waals surface area contributed by atoms with Gasteiger partial charge < -0.3 is 0 Å². The van der Waals surface area contributed by atoms with Crippen molar-refractivity contribution in [2.24, 2.45) is 35.2 Å². The van der Waals surface area contributed by atoms with Gasteiger partial charge >= 0.3 is 0 Å². The van der Waals surface area contributed by atoms with Crippen LogP contribution in [0.1, 0.15) is 91.9 Å². The fourth-order valence-corrected chi connectivity index (χ4v) is 10.1. The minimum Gasteiger partial charge on any atom is -0.201 e. The molecule has 5 heterocycles. The van der Waals surface area contributed by atoms with Gasteiger partial charge in [0.15, 0.2) is 30.0 Å². The lowest BCUT2D eigenvalue weighted by Crippen LogP contribution is -2.35. The molecule has 0 N–H and O–H groups in total. The highest BCUT2D eigenvalue weighted by molar-refractivity contribution is 5.65. The molecule has 0 bridgehead atoms. The largest absolute Gasteiger partial charge is 0.215 e. The third-order valence-electron chi connectivity index (χ3n) is 15.5. The van der Waals surface area contributed by atoms with Crippen molar-refractivity contribution in [1.29, 1.82) is 0 Å². The number of rotatable bonds is 5. The molecule has 5 aromatic heterocycles. The first-order valence-electron chi connectivity index (χ1n) is 30.6. The van der Waals surface area contributed by atoms with Crippen LogP contribution in [0.3, 0.4) is 0 Å². The van der Waals surface area contributed by atoms with Crippen molar-refractivity contribution in [3.63, 3.8) is 0 Å². The molecule has 5 aromatic carbocycles. The third kappa shape index (κ3) is 14.9. The summed E-state index contributed by atoms with van der Waals surface area (Å²) in [6.07, 6.45) is 6.08. The fourth-order valence-electron chi connectivity index (χ4n) is 10.1. The molecule has 0 radical (unpaired) electrons. The minimum absolute atomic E-state index is 0.410. The second kappa shape index (κ2) is 27.6. The van der Waals surface area contributed by atoms with Crippen molar-refractivity contribution in [3.8, 4) is 56.3 Å². The normalized spacial score (nSPS) is 11.9. The average molecular weight is 1070 g/mol. The van der Waals surface area contributed by atoms with E-state index in [4.69, 9.17) is 8.22 Å². The first-order chi connectivity index (χ1) is 40.4. The van der Waals surface area contributed by atoms with Crippen LogP contribution in [0.15, 0.2) is 182 Å². The van der Waals surface area contributed by atoms with Gasteiger partial charge in [-0.25, -0.2) is 13.7 Å². The lowest BCUT2D eigenvalue weighted by molar-refractivity contribution is -0.667. The van der Waals surface area contributed by atoms with Crippen LogP contribution in [0, 0.1) is 104 Å². The summed E-state index contributed by atoms with van der Waals surface area (Å²) in [4.78, 5) is 0. The highest BCUT2D eigenvalue weighted by Gasteiger charge is 2.19. The molecule has 0 unspecified atom stereocenters. The lowest BCUT2D eigenvalue weighted by atomic mass is 10.0. The second-order valence-electron chi connectivity index (χ2n) is 21.6. The van der Waals surface area contributed by atoms with E-state index < -0.39 is 13.7 Å². The Kier molecular flexibility index (Phi) is 18.1.